The maximum atomic E-state index is 12.5. The molecule has 8 heteroatoms. The zero-order valence-corrected chi connectivity index (χ0v) is 8.73. The monoisotopic (exact) mass is 243 g/mol. The maximum Gasteiger partial charge on any atom is 0.509 e. The molecule has 0 saturated heterocycles. The third-order valence-corrected chi connectivity index (χ3v) is 2.31. The predicted octanol–water partition coefficient (Wildman–Crippen LogP) is 1.18. The van der Waals surface area contributed by atoms with Crippen molar-refractivity contribution in [1.82, 2.24) is 9.38 Å². The van der Waals surface area contributed by atoms with Crippen LogP contribution in [0, 0.1) is 0 Å². The normalized spacial score (nSPS) is 11.8. The van der Waals surface area contributed by atoms with E-state index in [-0.39, 0.29) is 11.3 Å². The van der Waals surface area contributed by atoms with E-state index in [0.717, 1.165) is 18.3 Å². The zero-order chi connectivity index (χ0) is 12.6. The van der Waals surface area contributed by atoms with E-state index < -0.39 is 18.4 Å². The third-order valence-electron chi connectivity index (χ3n) is 2.31. The van der Waals surface area contributed by atoms with Crippen LogP contribution in [0.1, 0.15) is 10.5 Å². The van der Waals surface area contributed by atoms with Crippen LogP contribution in [0.15, 0.2) is 24.5 Å². The Morgan fingerprint density at radius 2 is 2.18 bits per heavy atom. The lowest BCUT2D eigenvalue weighted by atomic mass is 9.81. The van der Waals surface area contributed by atoms with E-state index in [9.17, 15) is 17.7 Å². The standard InChI is InChI=1S/C9H7BF3N2O2/c1-17-9(16)7-5-14-8-4-6(10(11,12)13)2-3-15(7)8/h2-5H,1H3/q-1. The molecule has 0 amide bonds. The second-order valence-electron chi connectivity index (χ2n) is 3.40. The number of rotatable bonds is 2. The fraction of sp³-hybridized carbons (Fsp3) is 0.111. The highest BCUT2D eigenvalue weighted by molar-refractivity contribution is 6.73. The summed E-state index contributed by atoms with van der Waals surface area (Å²) in [6.07, 6.45) is 2.33. The molecule has 0 aliphatic rings. The molecule has 0 aromatic carbocycles. The second kappa shape index (κ2) is 3.79. The fourth-order valence-corrected chi connectivity index (χ4v) is 1.46. The van der Waals surface area contributed by atoms with Gasteiger partial charge in [-0.15, -0.1) is 5.46 Å². The summed E-state index contributed by atoms with van der Waals surface area (Å²) >= 11 is 0. The van der Waals surface area contributed by atoms with E-state index in [4.69, 9.17) is 0 Å². The second-order valence-corrected chi connectivity index (χ2v) is 3.40. The number of hydrogen-bond donors (Lipinski definition) is 0. The number of esters is 1. The number of nitrogens with zero attached hydrogens (tertiary/aromatic N) is 2. The van der Waals surface area contributed by atoms with E-state index in [1.165, 1.54) is 17.7 Å². The number of aromatic nitrogens is 2. The number of carbonyl (C=O) groups excluding carboxylic acids is 1. The Morgan fingerprint density at radius 3 is 2.76 bits per heavy atom. The van der Waals surface area contributed by atoms with Gasteiger partial charge >= 0.3 is 12.9 Å². The van der Waals surface area contributed by atoms with Crippen LogP contribution in [-0.2, 0) is 4.74 Å². The van der Waals surface area contributed by atoms with E-state index in [2.05, 4.69) is 9.72 Å². The van der Waals surface area contributed by atoms with Crippen LogP contribution in [0.2, 0.25) is 0 Å². The van der Waals surface area contributed by atoms with Crippen molar-refractivity contribution in [2.45, 2.75) is 0 Å². The summed E-state index contributed by atoms with van der Waals surface area (Å²) in [5, 5.41) is 0. The Hall–Kier alpha value is -1.99. The Labute approximate surface area is 94.1 Å². The largest absolute Gasteiger partial charge is 0.509 e. The number of ether oxygens (including phenoxy) is 1. The first-order valence-corrected chi connectivity index (χ1v) is 4.69. The van der Waals surface area contributed by atoms with Gasteiger partial charge < -0.3 is 17.7 Å². The molecule has 0 aliphatic carbocycles. The SMILES string of the molecule is COC(=O)c1cnc2cc([B-](F)(F)F)ccn12. The van der Waals surface area contributed by atoms with Crippen LogP contribution in [0.5, 0.6) is 0 Å². The number of halogens is 3. The number of methoxy groups -OCH3 is 1. The first-order chi connectivity index (χ1) is 7.93. The molecule has 17 heavy (non-hydrogen) atoms. The number of imidazole rings is 1. The van der Waals surface area contributed by atoms with Crippen molar-refractivity contribution in [3.05, 3.63) is 30.2 Å². The van der Waals surface area contributed by atoms with Crippen molar-refractivity contribution < 1.29 is 22.5 Å². The molecule has 2 heterocycles. The average Bonchev–Trinajstić information content (AvgIpc) is 2.69. The van der Waals surface area contributed by atoms with Crippen molar-refractivity contribution >= 4 is 24.1 Å². The molecule has 0 saturated carbocycles. The van der Waals surface area contributed by atoms with Gasteiger partial charge in [-0.05, 0) is 6.07 Å². The molecular weight excluding hydrogens is 236 g/mol. The van der Waals surface area contributed by atoms with Gasteiger partial charge in [0.2, 0.25) is 0 Å². The molecule has 2 aromatic heterocycles. The van der Waals surface area contributed by atoms with Crippen LogP contribution in [0.3, 0.4) is 0 Å². The van der Waals surface area contributed by atoms with Crippen LogP contribution >= 0.6 is 0 Å². The van der Waals surface area contributed by atoms with Gasteiger partial charge in [-0.2, -0.15) is 0 Å². The van der Waals surface area contributed by atoms with Gasteiger partial charge in [0.1, 0.15) is 5.65 Å². The smallest absolute Gasteiger partial charge is 0.464 e. The average molecular weight is 243 g/mol. The molecule has 4 nitrogen and oxygen atoms in total. The molecule has 0 atom stereocenters. The van der Waals surface area contributed by atoms with Crippen LogP contribution in [0.4, 0.5) is 12.9 Å². The lowest BCUT2D eigenvalue weighted by molar-refractivity contribution is 0.0593. The van der Waals surface area contributed by atoms with E-state index >= 15 is 0 Å². The summed E-state index contributed by atoms with van der Waals surface area (Å²) in [4.78, 5) is 15.0. The summed E-state index contributed by atoms with van der Waals surface area (Å²) in [5.74, 6) is -0.650. The van der Waals surface area contributed by atoms with E-state index in [1.54, 1.807) is 0 Å². The maximum absolute atomic E-state index is 12.5. The van der Waals surface area contributed by atoms with Crippen LogP contribution in [0.25, 0.3) is 5.65 Å². The van der Waals surface area contributed by atoms with Gasteiger partial charge in [-0.3, -0.25) is 4.40 Å². The van der Waals surface area contributed by atoms with E-state index in [0.29, 0.717) is 0 Å². The number of carbonyl (C=O) groups is 1. The Balaban J connectivity index is 2.56. The Bertz CT molecular complexity index is 579. The summed E-state index contributed by atoms with van der Waals surface area (Å²) in [7, 11) is 1.19. The minimum absolute atomic E-state index is 0.0575. The highest BCUT2D eigenvalue weighted by Crippen LogP contribution is 2.12. The Kier molecular flexibility index (Phi) is 2.57. The van der Waals surface area contributed by atoms with Gasteiger partial charge in [0.25, 0.3) is 0 Å². The summed E-state index contributed by atoms with van der Waals surface area (Å²) in [6.45, 7) is -5.07. The lowest BCUT2D eigenvalue weighted by Gasteiger charge is -2.14. The molecule has 0 spiro atoms. The predicted molar refractivity (Wildman–Crippen MR) is 55.2 cm³/mol. The number of hydrogen-bond acceptors (Lipinski definition) is 3. The molecule has 0 unspecified atom stereocenters. The van der Waals surface area contributed by atoms with Gasteiger partial charge in [-0.25, -0.2) is 9.78 Å². The molecule has 0 fully saturated rings. The summed E-state index contributed by atoms with van der Waals surface area (Å²) in [5.41, 5.74) is -0.606. The van der Waals surface area contributed by atoms with Crippen molar-refractivity contribution in [3.63, 3.8) is 0 Å². The van der Waals surface area contributed by atoms with Gasteiger partial charge in [-0.1, -0.05) is 6.07 Å². The van der Waals surface area contributed by atoms with Crippen molar-refractivity contribution in [2.24, 2.45) is 0 Å². The van der Waals surface area contributed by atoms with Crippen molar-refractivity contribution in [2.75, 3.05) is 7.11 Å². The molecular formula is C9H7BF3N2O2-. The first kappa shape index (κ1) is 11.5. The highest BCUT2D eigenvalue weighted by atomic mass is 19.4. The van der Waals surface area contributed by atoms with Crippen molar-refractivity contribution in [3.8, 4) is 0 Å². The molecule has 2 rings (SSSR count). The van der Waals surface area contributed by atoms with Crippen LogP contribution < -0.4 is 5.46 Å². The first-order valence-electron chi connectivity index (χ1n) is 4.69. The van der Waals surface area contributed by atoms with Gasteiger partial charge in [0, 0.05) is 6.20 Å². The van der Waals surface area contributed by atoms with Crippen molar-refractivity contribution in [1.29, 1.82) is 0 Å². The summed E-state index contributed by atoms with van der Waals surface area (Å²) < 4.78 is 43.2. The van der Waals surface area contributed by atoms with Gasteiger partial charge in [0.15, 0.2) is 5.69 Å². The number of fused-ring (bicyclic) bond motifs is 1. The topological polar surface area (TPSA) is 43.6 Å². The van der Waals surface area contributed by atoms with E-state index in [1.807, 2.05) is 0 Å². The molecule has 2 aromatic rings. The quantitative estimate of drug-likeness (QED) is 0.587. The molecule has 0 bridgehead atoms. The minimum Gasteiger partial charge on any atom is -0.464 e. The van der Waals surface area contributed by atoms with Crippen LogP contribution in [-0.4, -0.2) is 29.4 Å². The number of pyridine rings is 1. The molecule has 0 aliphatic heterocycles. The van der Waals surface area contributed by atoms with Gasteiger partial charge in [0.05, 0.1) is 13.3 Å². The Morgan fingerprint density at radius 1 is 1.47 bits per heavy atom. The lowest BCUT2D eigenvalue weighted by Crippen LogP contribution is -2.34. The molecule has 0 N–H and O–H groups in total. The summed E-state index contributed by atoms with van der Waals surface area (Å²) in [6, 6.07) is 1.80. The molecule has 0 radical (unpaired) electrons. The highest BCUT2D eigenvalue weighted by Gasteiger charge is 2.26. The minimum atomic E-state index is -5.07. The fourth-order valence-electron chi connectivity index (χ4n) is 1.46. The zero-order valence-electron chi connectivity index (χ0n) is 8.73. The third kappa shape index (κ3) is 1.97. The molecule has 90 valence electrons.